The van der Waals surface area contributed by atoms with E-state index in [2.05, 4.69) is 16.1 Å². The molecule has 1 aromatic carbocycles. The molecule has 0 saturated carbocycles. The molecule has 0 aliphatic carbocycles. The molecule has 0 spiro atoms. The maximum atomic E-state index is 13.2. The molecule has 0 unspecified atom stereocenters. The Bertz CT molecular complexity index is 684. The first-order valence-electron chi connectivity index (χ1n) is 8.68. The number of likely N-dealkylation sites (tertiary alicyclic amines) is 1. The highest BCUT2D eigenvalue weighted by Gasteiger charge is 2.39. The predicted molar refractivity (Wildman–Crippen MR) is 91.5 cm³/mol. The number of benzene rings is 1. The van der Waals surface area contributed by atoms with Crippen LogP contribution >= 0.6 is 0 Å². The van der Waals surface area contributed by atoms with E-state index in [-0.39, 0.29) is 17.8 Å². The Kier molecular flexibility index (Phi) is 5.32. The van der Waals surface area contributed by atoms with Crippen LogP contribution in [0, 0.1) is 18.2 Å². The summed E-state index contributed by atoms with van der Waals surface area (Å²) in [7, 11) is 0. The number of hydrogen-bond donors (Lipinski definition) is 0. The third-order valence-electron chi connectivity index (χ3n) is 4.69. The molecule has 2 aliphatic rings. The zero-order valence-electron chi connectivity index (χ0n) is 14.2. The van der Waals surface area contributed by atoms with E-state index < -0.39 is 5.66 Å². The van der Waals surface area contributed by atoms with Crippen molar-refractivity contribution in [3.8, 4) is 18.1 Å². The quantitative estimate of drug-likeness (QED) is 0.711. The van der Waals surface area contributed by atoms with Gasteiger partial charge in [0.1, 0.15) is 17.7 Å². The second-order valence-corrected chi connectivity index (χ2v) is 6.54. The SMILES string of the molecule is C#CCCC1(CCC(=O)N2CCC(Oc3cccc(F)c3)CC2)N=N1. The minimum absolute atomic E-state index is 0.0150. The minimum atomic E-state index is -0.402. The van der Waals surface area contributed by atoms with Gasteiger partial charge in [-0.25, -0.2) is 4.39 Å². The van der Waals surface area contributed by atoms with Crippen LogP contribution in [0.1, 0.15) is 38.5 Å². The van der Waals surface area contributed by atoms with Gasteiger partial charge in [-0.3, -0.25) is 4.79 Å². The molecule has 2 heterocycles. The summed E-state index contributed by atoms with van der Waals surface area (Å²) in [6.45, 7) is 1.31. The Balaban J connectivity index is 1.40. The lowest BCUT2D eigenvalue weighted by Crippen LogP contribution is -2.42. The van der Waals surface area contributed by atoms with E-state index in [0.717, 1.165) is 19.3 Å². The van der Waals surface area contributed by atoms with Crippen molar-refractivity contribution in [3.63, 3.8) is 0 Å². The van der Waals surface area contributed by atoms with Gasteiger partial charge in [0.05, 0.1) is 0 Å². The molecule has 1 aromatic rings. The fourth-order valence-corrected chi connectivity index (χ4v) is 3.09. The zero-order chi connectivity index (χ0) is 17.7. The van der Waals surface area contributed by atoms with Crippen LogP contribution in [0.3, 0.4) is 0 Å². The van der Waals surface area contributed by atoms with Crippen molar-refractivity contribution >= 4 is 5.91 Å². The Morgan fingerprint density at radius 3 is 2.76 bits per heavy atom. The molecule has 0 N–H and O–H groups in total. The van der Waals surface area contributed by atoms with Crippen LogP contribution in [0.5, 0.6) is 5.75 Å². The van der Waals surface area contributed by atoms with Gasteiger partial charge in [0.25, 0.3) is 0 Å². The lowest BCUT2D eigenvalue weighted by Gasteiger charge is -2.32. The minimum Gasteiger partial charge on any atom is -0.490 e. The van der Waals surface area contributed by atoms with Crippen LogP contribution in [0.25, 0.3) is 0 Å². The molecule has 0 bridgehead atoms. The maximum absolute atomic E-state index is 13.2. The summed E-state index contributed by atoms with van der Waals surface area (Å²) in [5.41, 5.74) is -0.402. The number of carbonyl (C=O) groups excluding carboxylic acids is 1. The molecule has 3 rings (SSSR count). The van der Waals surface area contributed by atoms with Crippen molar-refractivity contribution in [1.29, 1.82) is 0 Å². The molecule has 1 fully saturated rings. The first-order chi connectivity index (χ1) is 12.1. The lowest BCUT2D eigenvalue weighted by molar-refractivity contribution is -0.133. The fourth-order valence-electron chi connectivity index (χ4n) is 3.09. The summed E-state index contributed by atoms with van der Waals surface area (Å²) in [6.07, 6.45) is 9.21. The molecule has 0 atom stereocenters. The first kappa shape index (κ1) is 17.4. The molecule has 2 aliphatic heterocycles. The normalized spacial score (nSPS) is 18.6. The smallest absolute Gasteiger partial charge is 0.222 e. The molecule has 5 nitrogen and oxygen atoms in total. The lowest BCUT2D eigenvalue weighted by atomic mass is 10.0. The van der Waals surface area contributed by atoms with Crippen molar-refractivity contribution in [2.75, 3.05) is 13.1 Å². The van der Waals surface area contributed by atoms with Crippen molar-refractivity contribution in [3.05, 3.63) is 30.1 Å². The third kappa shape index (κ3) is 4.79. The summed E-state index contributed by atoms with van der Waals surface area (Å²) in [5.74, 6) is 2.95. The second-order valence-electron chi connectivity index (χ2n) is 6.54. The Morgan fingerprint density at radius 2 is 2.12 bits per heavy atom. The number of rotatable bonds is 7. The standard InChI is InChI=1S/C19H22FN3O2/c1-2-3-10-19(21-22-19)11-7-18(24)23-12-8-16(9-13-23)25-17-6-4-5-15(20)14-17/h1,4-6,14,16H,3,7-13H2. The average molecular weight is 343 g/mol. The van der Waals surface area contributed by atoms with Crippen LogP contribution in [0.4, 0.5) is 4.39 Å². The van der Waals surface area contributed by atoms with Gasteiger partial charge >= 0.3 is 0 Å². The highest BCUT2D eigenvalue weighted by atomic mass is 19.1. The van der Waals surface area contributed by atoms with E-state index in [4.69, 9.17) is 11.2 Å². The number of piperidine rings is 1. The monoisotopic (exact) mass is 343 g/mol. The van der Waals surface area contributed by atoms with Crippen LogP contribution < -0.4 is 4.74 Å². The van der Waals surface area contributed by atoms with Gasteiger partial charge in [-0.15, -0.1) is 12.3 Å². The number of amides is 1. The fraction of sp³-hybridized carbons (Fsp3) is 0.526. The maximum Gasteiger partial charge on any atom is 0.222 e. The summed E-state index contributed by atoms with van der Waals surface area (Å²) in [4.78, 5) is 14.2. The van der Waals surface area contributed by atoms with E-state index in [1.165, 1.54) is 12.1 Å². The van der Waals surface area contributed by atoms with Crippen LogP contribution in [0.15, 0.2) is 34.5 Å². The van der Waals surface area contributed by atoms with Crippen LogP contribution in [-0.2, 0) is 4.79 Å². The topological polar surface area (TPSA) is 54.3 Å². The number of terminal acetylenes is 1. The number of ether oxygens (including phenoxy) is 1. The van der Waals surface area contributed by atoms with E-state index in [0.29, 0.717) is 38.1 Å². The molecule has 0 radical (unpaired) electrons. The van der Waals surface area contributed by atoms with Gasteiger partial charge in [-0.05, 0) is 12.1 Å². The molecule has 0 aromatic heterocycles. The van der Waals surface area contributed by atoms with Crippen LogP contribution in [-0.4, -0.2) is 35.7 Å². The molecular weight excluding hydrogens is 321 g/mol. The summed E-state index contributed by atoms with van der Waals surface area (Å²) >= 11 is 0. The molecular formula is C19H22FN3O2. The number of nitrogens with zero attached hydrogens (tertiary/aromatic N) is 3. The predicted octanol–water partition coefficient (Wildman–Crippen LogP) is 3.55. The van der Waals surface area contributed by atoms with E-state index in [9.17, 15) is 9.18 Å². The average Bonchev–Trinajstić information content (AvgIpc) is 3.39. The molecule has 6 heteroatoms. The van der Waals surface area contributed by atoms with Crippen molar-refractivity contribution in [2.24, 2.45) is 10.2 Å². The van der Waals surface area contributed by atoms with Crippen LogP contribution in [0.2, 0.25) is 0 Å². The van der Waals surface area contributed by atoms with Gasteiger partial charge in [0.15, 0.2) is 5.66 Å². The van der Waals surface area contributed by atoms with E-state index in [1.807, 2.05) is 4.90 Å². The summed E-state index contributed by atoms with van der Waals surface area (Å²) in [6, 6.07) is 6.16. The highest BCUT2D eigenvalue weighted by Crippen LogP contribution is 2.37. The molecule has 1 amide bonds. The molecule has 25 heavy (non-hydrogen) atoms. The van der Waals surface area contributed by atoms with E-state index >= 15 is 0 Å². The third-order valence-corrected chi connectivity index (χ3v) is 4.69. The Labute approximate surface area is 147 Å². The van der Waals surface area contributed by atoms with Crippen molar-refractivity contribution in [2.45, 2.75) is 50.3 Å². The Hall–Kier alpha value is -2.42. The van der Waals surface area contributed by atoms with Gasteiger partial charge in [-0.1, -0.05) is 6.07 Å². The van der Waals surface area contributed by atoms with Crippen molar-refractivity contribution < 1.29 is 13.9 Å². The van der Waals surface area contributed by atoms with E-state index in [1.54, 1.807) is 12.1 Å². The number of halogens is 1. The largest absolute Gasteiger partial charge is 0.490 e. The summed E-state index contributed by atoms with van der Waals surface area (Å²) < 4.78 is 19.0. The molecule has 132 valence electrons. The summed E-state index contributed by atoms with van der Waals surface area (Å²) in [5, 5.41) is 8.13. The van der Waals surface area contributed by atoms with Gasteiger partial charge in [-0.2, -0.15) is 10.2 Å². The first-order valence-corrected chi connectivity index (χ1v) is 8.68. The highest BCUT2D eigenvalue weighted by molar-refractivity contribution is 5.76. The van der Waals surface area contributed by atoms with Gasteiger partial charge in [0.2, 0.25) is 5.91 Å². The number of carbonyl (C=O) groups is 1. The zero-order valence-corrected chi connectivity index (χ0v) is 14.2. The number of hydrogen-bond acceptors (Lipinski definition) is 4. The molecule has 1 saturated heterocycles. The van der Waals surface area contributed by atoms with Gasteiger partial charge < -0.3 is 9.64 Å². The second kappa shape index (κ2) is 7.64. The van der Waals surface area contributed by atoms with Gasteiger partial charge in [0, 0.05) is 57.7 Å². The van der Waals surface area contributed by atoms with Crippen molar-refractivity contribution in [1.82, 2.24) is 4.90 Å². The Morgan fingerprint density at radius 1 is 1.36 bits per heavy atom.